The van der Waals surface area contributed by atoms with E-state index in [4.69, 9.17) is 5.53 Å². The average Bonchev–Trinajstić information content (AvgIpc) is 2.10. The first-order chi connectivity index (χ1) is 5.85. The van der Waals surface area contributed by atoms with Crippen LogP contribution in [0.3, 0.4) is 0 Å². The molecule has 0 aromatic rings. The fraction of sp³-hybridized carbons (Fsp3) is 0.900. The second kappa shape index (κ2) is 11.7. The molecule has 0 spiro atoms. The Balaban J connectivity index is 0. The van der Waals surface area contributed by atoms with Crippen molar-refractivity contribution in [3.63, 3.8) is 0 Å². The molecule has 0 bridgehead atoms. The van der Waals surface area contributed by atoms with E-state index in [1.165, 1.54) is 25.7 Å². The number of unbranched alkanes of at least 4 members (excludes halogenated alkanes) is 3. The maximum Gasteiger partial charge on any atom is 0.268 e. The summed E-state index contributed by atoms with van der Waals surface area (Å²) in [5, 5.41) is 0. The Bertz CT molecular complexity index is 151. The molecule has 13 heavy (non-hydrogen) atoms. The normalized spacial score (nSPS) is 8.77. The number of rotatable bonds is 7. The molecule has 0 fully saturated rings. The highest BCUT2D eigenvalue weighted by Crippen LogP contribution is 2.05. The minimum absolute atomic E-state index is 0. The molecule has 0 saturated heterocycles. The third kappa shape index (κ3) is 9.59. The first kappa shape index (κ1) is 15.2. The van der Waals surface area contributed by atoms with E-state index in [1.54, 1.807) is 0 Å². The van der Waals surface area contributed by atoms with E-state index in [9.17, 15) is 0 Å². The van der Waals surface area contributed by atoms with Crippen LogP contribution >= 0.6 is 12.4 Å². The zero-order chi connectivity index (χ0) is 9.23. The van der Waals surface area contributed by atoms with E-state index in [0.29, 0.717) is 0 Å². The zero-order valence-electron chi connectivity index (χ0n) is 8.75. The number of hydrogen-bond donors (Lipinski definition) is 0. The van der Waals surface area contributed by atoms with E-state index in [2.05, 4.69) is 18.6 Å². The smallest absolute Gasteiger partial charge is 0.268 e. The largest absolute Gasteiger partial charge is 0.362 e. The highest BCUT2D eigenvalue weighted by molar-refractivity contribution is 5.85. The monoisotopic (exact) mass is 204 g/mol. The SMILES string of the molecule is CCCCCCC(CCC)=[N+]=[N-].Cl. The highest BCUT2D eigenvalue weighted by Gasteiger charge is 2.04. The van der Waals surface area contributed by atoms with Crippen molar-refractivity contribution in [2.75, 3.05) is 0 Å². The Labute approximate surface area is 87.8 Å². The lowest BCUT2D eigenvalue weighted by Gasteiger charge is -1.95. The standard InChI is InChI=1S/C10H20N2.ClH/c1-3-5-6-7-9-10(12-11)8-4-2;/h3-9H2,1-2H3;1H. The molecule has 0 amide bonds. The number of hydrogen-bond acceptors (Lipinski definition) is 0. The van der Waals surface area contributed by atoms with E-state index in [1.807, 2.05) is 0 Å². The molecule has 0 aliphatic carbocycles. The molecule has 0 radical (unpaired) electrons. The summed E-state index contributed by atoms with van der Waals surface area (Å²) in [5.74, 6) is 0. The third-order valence-electron chi connectivity index (χ3n) is 2.00. The van der Waals surface area contributed by atoms with Crippen LogP contribution in [0.25, 0.3) is 5.53 Å². The van der Waals surface area contributed by atoms with E-state index in [-0.39, 0.29) is 12.4 Å². The minimum atomic E-state index is 0. The summed E-state index contributed by atoms with van der Waals surface area (Å²) in [6, 6.07) is 0. The van der Waals surface area contributed by atoms with Crippen molar-refractivity contribution in [3.05, 3.63) is 5.53 Å². The van der Waals surface area contributed by atoms with Gasteiger partial charge in [-0.2, -0.15) is 4.79 Å². The quantitative estimate of drug-likeness (QED) is 0.262. The van der Waals surface area contributed by atoms with Gasteiger partial charge in [0.25, 0.3) is 5.71 Å². The summed E-state index contributed by atoms with van der Waals surface area (Å²) in [6.07, 6.45) is 8.00. The first-order valence-corrected chi connectivity index (χ1v) is 5.04. The Morgan fingerprint density at radius 2 is 1.69 bits per heavy atom. The van der Waals surface area contributed by atoms with Crippen molar-refractivity contribution in [2.24, 2.45) is 0 Å². The molecule has 0 aromatic heterocycles. The lowest BCUT2D eigenvalue weighted by molar-refractivity contribution is -0.0116. The molecule has 0 aliphatic rings. The van der Waals surface area contributed by atoms with Crippen molar-refractivity contribution in [2.45, 2.75) is 58.8 Å². The van der Waals surface area contributed by atoms with Gasteiger partial charge in [-0.15, -0.1) is 12.4 Å². The molecule has 0 saturated carbocycles. The molecule has 0 unspecified atom stereocenters. The van der Waals surface area contributed by atoms with Gasteiger partial charge in [0, 0.05) is 12.8 Å². The lowest BCUT2D eigenvalue weighted by Crippen LogP contribution is -1.98. The maximum atomic E-state index is 8.60. The Morgan fingerprint density at radius 1 is 1.00 bits per heavy atom. The van der Waals surface area contributed by atoms with Crippen molar-refractivity contribution >= 4 is 18.1 Å². The predicted octanol–water partition coefficient (Wildman–Crippen LogP) is 3.85. The van der Waals surface area contributed by atoms with Crippen LogP contribution in [0, 0.1) is 0 Å². The van der Waals surface area contributed by atoms with Gasteiger partial charge in [0.05, 0.1) is 0 Å². The van der Waals surface area contributed by atoms with Gasteiger partial charge >= 0.3 is 0 Å². The summed E-state index contributed by atoms with van der Waals surface area (Å²) >= 11 is 0. The predicted molar refractivity (Wildman–Crippen MR) is 59.5 cm³/mol. The molecule has 3 heteroatoms. The van der Waals surface area contributed by atoms with Gasteiger partial charge in [0.15, 0.2) is 0 Å². The Kier molecular flexibility index (Phi) is 13.6. The van der Waals surface area contributed by atoms with Crippen LogP contribution in [0.5, 0.6) is 0 Å². The van der Waals surface area contributed by atoms with Gasteiger partial charge in [-0.25, -0.2) is 0 Å². The van der Waals surface area contributed by atoms with Gasteiger partial charge in [-0.05, 0) is 12.8 Å². The van der Waals surface area contributed by atoms with E-state index < -0.39 is 0 Å². The minimum Gasteiger partial charge on any atom is -0.362 e. The van der Waals surface area contributed by atoms with Gasteiger partial charge < -0.3 is 5.53 Å². The molecule has 78 valence electrons. The summed E-state index contributed by atoms with van der Waals surface area (Å²) in [5.41, 5.74) is 9.57. The lowest BCUT2D eigenvalue weighted by atomic mass is 10.1. The summed E-state index contributed by atoms with van der Waals surface area (Å²) in [4.78, 5) is 3.29. The molecule has 2 nitrogen and oxygen atoms in total. The Hall–Kier alpha value is -0.330. The van der Waals surface area contributed by atoms with Crippen LogP contribution in [0.2, 0.25) is 0 Å². The van der Waals surface area contributed by atoms with Crippen LogP contribution < -0.4 is 0 Å². The highest BCUT2D eigenvalue weighted by atomic mass is 35.5. The van der Waals surface area contributed by atoms with Crippen LogP contribution in [0.4, 0.5) is 0 Å². The van der Waals surface area contributed by atoms with Gasteiger partial charge in [0.2, 0.25) is 0 Å². The van der Waals surface area contributed by atoms with Crippen molar-refractivity contribution in [3.8, 4) is 0 Å². The fourth-order valence-electron chi connectivity index (χ4n) is 1.27. The fourth-order valence-corrected chi connectivity index (χ4v) is 1.27. The van der Waals surface area contributed by atoms with Gasteiger partial charge in [-0.1, -0.05) is 33.1 Å². The topological polar surface area (TPSA) is 36.4 Å². The van der Waals surface area contributed by atoms with Crippen LogP contribution in [-0.2, 0) is 0 Å². The molecule has 0 aromatic carbocycles. The van der Waals surface area contributed by atoms with E-state index in [0.717, 1.165) is 25.0 Å². The van der Waals surface area contributed by atoms with Crippen LogP contribution in [0.15, 0.2) is 0 Å². The van der Waals surface area contributed by atoms with Gasteiger partial charge in [-0.3, -0.25) is 0 Å². The summed E-state index contributed by atoms with van der Waals surface area (Å²) < 4.78 is 0. The molecule has 0 heterocycles. The molecule has 0 aliphatic heterocycles. The van der Waals surface area contributed by atoms with E-state index >= 15 is 0 Å². The van der Waals surface area contributed by atoms with Gasteiger partial charge in [0.1, 0.15) is 0 Å². The summed E-state index contributed by atoms with van der Waals surface area (Å²) in [7, 11) is 0. The van der Waals surface area contributed by atoms with Crippen molar-refractivity contribution in [1.82, 2.24) is 0 Å². The molecular weight excluding hydrogens is 184 g/mol. The first-order valence-electron chi connectivity index (χ1n) is 5.04. The molecule has 0 atom stereocenters. The van der Waals surface area contributed by atoms with Crippen LogP contribution in [-0.4, -0.2) is 10.5 Å². The Morgan fingerprint density at radius 3 is 2.15 bits per heavy atom. The third-order valence-corrected chi connectivity index (χ3v) is 2.00. The average molecular weight is 205 g/mol. The number of halogens is 1. The second-order valence-corrected chi connectivity index (χ2v) is 3.23. The van der Waals surface area contributed by atoms with Crippen LogP contribution in [0.1, 0.15) is 58.8 Å². The number of nitrogens with zero attached hydrogens (tertiary/aromatic N) is 2. The molecule has 0 N–H and O–H groups in total. The summed E-state index contributed by atoms with van der Waals surface area (Å²) in [6.45, 7) is 4.31. The molecule has 0 rings (SSSR count). The molecular formula is C10H21ClN2. The maximum absolute atomic E-state index is 8.60. The van der Waals surface area contributed by atoms with Crippen molar-refractivity contribution < 1.29 is 4.79 Å². The second-order valence-electron chi connectivity index (χ2n) is 3.23. The zero-order valence-corrected chi connectivity index (χ0v) is 9.57. The van der Waals surface area contributed by atoms with Crippen molar-refractivity contribution in [1.29, 1.82) is 0 Å².